The highest BCUT2D eigenvalue weighted by Gasteiger charge is 2.14. The average Bonchev–Trinajstić information content (AvgIpc) is 2.91. The molecule has 1 saturated heterocycles. The molecule has 0 aliphatic carbocycles. The zero-order valence-electron chi connectivity index (χ0n) is 10.7. The SMILES string of the molecule is NC(=NO)c1c(Cl)cccc1OCCN1CCCC1. The third kappa shape index (κ3) is 3.52. The summed E-state index contributed by atoms with van der Waals surface area (Å²) >= 11 is 6.05. The van der Waals surface area contributed by atoms with Gasteiger partial charge in [0.05, 0.1) is 10.6 Å². The monoisotopic (exact) mass is 283 g/mol. The van der Waals surface area contributed by atoms with Gasteiger partial charge in [-0.1, -0.05) is 22.8 Å². The molecule has 104 valence electrons. The second-order valence-electron chi connectivity index (χ2n) is 4.50. The molecule has 3 N–H and O–H groups in total. The van der Waals surface area contributed by atoms with Crippen LogP contribution in [-0.4, -0.2) is 42.2 Å². The Hall–Kier alpha value is -1.46. The number of benzene rings is 1. The van der Waals surface area contributed by atoms with Gasteiger partial charge < -0.3 is 15.7 Å². The van der Waals surface area contributed by atoms with Gasteiger partial charge in [-0.05, 0) is 38.1 Å². The van der Waals surface area contributed by atoms with Crippen LogP contribution < -0.4 is 10.5 Å². The van der Waals surface area contributed by atoms with Crippen molar-refractivity contribution in [2.24, 2.45) is 10.9 Å². The van der Waals surface area contributed by atoms with Crippen molar-refractivity contribution in [2.45, 2.75) is 12.8 Å². The molecule has 5 nitrogen and oxygen atoms in total. The Kier molecular flexibility index (Phi) is 4.87. The summed E-state index contributed by atoms with van der Waals surface area (Å²) in [5.41, 5.74) is 6.05. The summed E-state index contributed by atoms with van der Waals surface area (Å²) < 4.78 is 5.70. The highest BCUT2D eigenvalue weighted by molar-refractivity contribution is 6.34. The first kappa shape index (κ1) is 14.0. The van der Waals surface area contributed by atoms with Gasteiger partial charge in [0.2, 0.25) is 0 Å². The number of likely N-dealkylation sites (tertiary alicyclic amines) is 1. The van der Waals surface area contributed by atoms with E-state index in [0.717, 1.165) is 19.6 Å². The van der Waals surface area contributed by atoms with E-state index in [1.807, 2.05) is 0 Å². The van der Waals surface area contributed by atoms with E-state index < -0.39 is 0 Å². The standard InChI is InChI=1S/C13H18ClN3O2/c14-10-4-3-5-11(12(10)13(15)16-18)19-9-8-17-6-1-2-7-17/h3-5,18H,1-2,6-9H2,(H2,15,16). The first-order valence-electron chi connectivity index (χ1n) is 6.34. The maximum atomic E-state index is 8.78. The molecule has 0 saturated carbocycles. The van der Waals surface area contributed by atoms with Crippen molar-refractivity contribution in [1.29, 1.82) is 0 Å². The number of halogens is 1. The van der Waals surface area contributed by atoms with Crippen LogP contribution in [0.3, 0.4) is 0 Å². The molecule has 1 heterocycles. The van der Waals surface area contributed by atoms with Crippen molar-refractivity contribution in [3.63, 3.8) is 0 Å². The van der Waals surface area contributed by atoms with Crippen molar-refractivity contribution in [2.75, 3.05) is 26.2 Å². The summed E-state index contributed by atoms with van der Waals surface area (Å²) in [6.07, 6.45) is 2.51. The molecule has 1 aromatic rings. The first-order chi connectivity index (χ1) is 9.22. The van der Waals surface area contributed by atoms with Gasteiger partial charge in [-0.15, -0.1) is 0 Å². The fourth-order valence-electron chi connectivity index (χ4n) is 2.21. The molecule has 0 spiro atoms. The third-order valence-corrected chi connectivity index (χ3v) is 3.52. The van der Waals surface area contributed by atoms with E-state index in [0.29, 0.717) is 22.9 Å². The van der Waals surface area contributed by atoms with Gasteiger partial charge in [0.25, 0.3) is 0 Å². The molecule has 0 bridgehead atoms. The van der Waals surface area contributed by atoms with Crippen LogP contribution in [0.5, 0.6) is 5.75 Å². The number of hydrogen-bond donors (Lipinski definition) is 2. The lowest BCUT2D eigenvalue weighted by Gasteiger charge is -2.16. The summed E-state index contributed by atoms with van der Waals surface area (Å²) in [5, 5.41) is 12.2. The minimum absolute atomic E-state index is 0.0400. The average molecular weight is 284 g/mol. The lowest BCUT2D eigenvalue weighted by atomic mass is 10.2. The topological polar surface area (TPSA) is 71.1 Å². The van der Waals surface area contributed by atoms with Crippen molar-refractivity contribution in [3.8, 4) is 5.75 Å². The molecule has 1 aliphatic rings. The first-order valence-corrected chi connectivity index (χ1v) is 6.71. The second kappa shape index (κ2) is 6.63. The zero-order valence-corrected chi connectivity index (χ0v) is 11.4. The highest BCUT2D eigenvalue weighted by atomic mass is 35.5. The Morgan fingerprint density at radius 2 is 2.16 bits per heavy atom. The summed E-state index contributed by atoms with van der Waals surface area (Å²) in [6.45, 7) is 3.70. The number of nitrogens with zero attached hydrogens (tertiary/aromatic N) is 2. The Morgan fingerprint density at radius 3 is 2.84 bits per heavy atom. The molecular formula is C13H18ClN3O2. The van der Waals surface area contributed by atoms with Crippen molar-refractivity contribution < 1.29 is 9.94 Å². The maximum absolute atomic E-state index is 8.78. The highest BCUT2D eigenvalue weighted by Crippen LogP contribution is 2.26. The van der Waals surface area contributed by atoms with Gasteiger partial charge in [-0.3, -0.25) is 4.90 Å². The molecule has 6 heteroatoms. The molecular weight excluding hydrogens is 266 g/mol. The Balaban J connectivity index is 2.01. The van der Waals surface area contributed by atoms with E-state index in [2.05, 4.69) is 10.1 Å². The van der Waals surface area contributed by atoms with Crippen molar-refractivity contribution >= 4 is 17.4 Å². The van der Waals surface area contributed by atoms with Crippen LogP contribution in [0, 0.1) is 0 Å². The zero-order chi connectivity index (χ0) is 13.7. The van der Waals surface area contributed by atoms with Gasteiger partial charge in [0.1, 0.15) is 12.4 Å². The Morgan fingerprint density at radius 1 is 1.42 bits per heavy atom. The van der Waals surface area contributed by atoms with E-state index in [4.69, 9.17) is 27.3 Å². The Labute approximate surface area is 117 Å². The minimum Gasteiger partial charge on any atom is -0.491 e. The molecule has 1 aliphatic heterocycles. The second-order valence-corrected chi connectivity index (χ2v) is 4.90. The molecule has 19 heavy (non-hydrogen) atoms. The number of rotatable bonds is 5. The summed E-state index contributed by atoms with van der Waals surface area (Å²) in [7, 11) is 0. The van der Waals surface area contributed by atoms with E-state index in [1.54, 1.807) is 18.2 Å². The number of amidine groups is 1. The van der Waals surface area contributed by atoms with Crippen LogP contribution in [-0.2, 0) is 0 Å². The molecule has 0 unspecified atom stereocenters. The lowest BCUT2D eigenvalue weighted by molar-refractivity contribution is 0.237. The molecule has 0 aromatic heterocycles. The number of nitrogens with two attached hydrogens (primary N) is 1. The van der Waals surface area contributed by atoms with Gasteiger partial charge in [0.15, 0.2) is 5.84 Å². The normalized spacial score (nSPS) is 16.8. The molecule has 1 aromatic carbocycles. The van der Waals surface area contributed by atoms with Crippen LogP contribution in [0.2, 0.25) is 5.02 Å². The van der Waals surface area contributed by atoms with Crippen molar-refractivity contribution in [1.82, 2.24) is 4.90 Å². The van der Waals surface area contributed by atoms with Crippen LogP contribution in [0.25, 0.3) is 0 Å². The number of ether oxygens (including phenoxy) is 1. The number of hydrogen-bond acceptors (Lipinski definition) is 4. The van der Waals surface area contributed by atoms with Crippen molar-refractivity contribution in [3.05, 3.63) is 28.8 Å². The van der Waals surface area contributed by atoms with Gasteiger partial charge in [-0.2, -0.15) is 0 Å². The summed E-state index contributed by atoms with van der Waals surface area (Å²) in [6, 6.07) is 5.23. The van der Waals surface area contributed by atoms with Gasteiger partial charge in [-0.25, -0.2) is 0 Å². The fourth-order valence-corrected chi connectivity index (χ4v) is 2.48. The molecule has 2 rings (SSSR count). The van der Waals surface area contributed by atoms with E-state index in [1.165, 1.54) is 12.8 Å². The van der Waals surface area contributed by atoms with Gasteiger partial charge in [0, 0.05) is 6.54 Å². The van der Waals surface area contributed by atoms with E-state index in [-0.39, 0.29) is 5.84 Å². The summed E-state index contributed by atoms with van der Waals surface area (Å²) in [4.78, 5) is 2.35. The third-order valence-electron chi connectivity index (χ3n) is 3.20. The molecule has 1 fully saturated rings. The maximum Gasteiger partial charge on any atom is 0.175 e. The molecule has 0 radical (unpaired) electrons. The molecule has 0 amide bonds. The summed E-state index contributed by atoms with van der Waals surface area (Å²) in [5.74, 6) is 0.503. The van der Waals surface area contributed by atoms with Crippen LogP contribution in [0.15, 0.2) is 23.4 Å². The van der Waals surface area contributed by atoms with Crippen LogP contribution in [0.4, 0.5) is 0 Å². The minimum atomic E-state index is -0.0400. The largest absolute Gasteiger partial charge is 0.491 e. The quantitative estimate of drug-likeness (QED) is 0.375. The van der Waals surface area contributed by atoms with E-state index >= 15 is 0 Å². The lowest BCUT2D eigenvalue weighted by Crippen LogP contribution is -2.25. The van der Waals surface area contributed by atoms with E-state index in [9.17, 15) is 0 Å². The van der Waals surface area contributed by atoms with Crippen LogP contribution in [0.1, 0.15) is 18.4 Å². The molecule has 0 atom stereocenters. The smallest absolute Gasteiger partial charge is 0.175 e. The van der Waals surface area contributed by atoms with Crippen LogP contribution >= 0.6 is 11.6 Å². The predicted octanol–water partition coefficient (Wildman–Crippen LogP) is 1.91. The Bertz CT molecular complexity index is 459. The number of oxime groups is 1. The predicted molar refractivity (Wildman–Crippen MR) is 75.1 cm³/mol. The van der Waals surface area contributed by atoms with Gasteiger partial charge >= 0.3 is 0 Å². The fraction of sp³-hybridized carbons (Fsp3) is 0.462.